The van der Waals surface area contributed by atoms with Crippen LogP contribution in [0.25, 0.3) is 0 Å². The number of fused-ring (bicyclic) bond motifs is 1. The van der Waals surface area contributed by atoms with Gasteiger partial charge in [0, 0.05) is 15.6 Å². The standard InChI is InChI=1S/C13H14Cl2O/c14-7-4-5-11(15)10(6-7)13(16)12-8-2-1-3-9(8)12/h4-6,8-9,12-13,16H,1-3H2. The third kappa shape index (κ3) is 1.66. The van der Waals surface area contributed by atoms with Gasteiger partial charge in [-0.15, -0.1) is 0 Å². The van der Waals surface area contributed by atoms with Gasteiger partial charge in [-0.3, -0.25) is 0 Å². The van der Waals surface area contributed by atoms with E-state index in [1.54, 1.807) is 18.2 Å². The fourth-order valence-corrected chi connectivity index (χ4v) is 3.70. The Morgan fingerprint density at radius 3 is 2.56 bits per heavy atom. The average Bonchev–Trinajstić information content (AvgIpc) is 2.74. The highest BCUT2D eigenvalue weighted by atomic mass is 35.5. The molecule has 2 aliphatic carbocycles. The Balaban J connectivity index is 1.84. The van der Waals surface area contributed by atoms with Gasteiger partial charge >= 0.3 is 0 Å². The van der Waals surface area contributed by atoms with Gasteiger partial charge in [-0.05, 0) is 48.8 Å². The lowest BCUT2D eigenvalue weighted by Crippen LogP contribution is -2.05. The minimum absolute atomic E-state index is 0.421. The van der Waals surface area contributed by atoms with Gasteiger partial charge in [0.1, 0.15) is 0 Å². The van der Waals surface area contributed by atoms with E-state index < -0.39 is 6.10 Å². The van der Waals surface area contributed by atoms with Crippen LogP contribution in [0.3, 0.4) is 0 Å². The SMILES string of the molecule is OC(c1cc(Cl)ccc1Cl)C1C2CCCC21. The highest BCUT2D eigenvalue weighted by Gasteiger charge is 2.56. The summed E-state index contributed by atoms with van der Waals surface area (Å²) in [5.41, 5.74) is 0.800. The van der Waals surface area contributed by atoms with E-state index in [9.17, 15) is 5.11 Å². The van der Waals surface area contributed by atoms with Gasteiger partial charge in [-0.1, -0.05) is 29.6 Å². The second kappa shape index (κ2) is 3.90. The maximum Gasteiger partial charge on any atom is 0.0838 e. The molecule has 0 radical (unpaired) electrons. The van der Waals surface area contributed by atoms with Gasteiger partial charge in [-0.25, -0.2) is 0 Å². The third-order valence-corrected chi connectivity index (χ3v) is 4.69. The third-order valence-electron chi connectivity index (χ3n) is 4.11. The first-order valence-electron chi connectivity index (χ1n) is 5.81. The predicted octanol–water partition coefficient (Wildman–Crippen LogP) is 4.07. The lowest BCUT2D eigenvalue weighted by Gasteiger charge is -2.14. The first-order chi connectivity index (χ1) is 7.68. The quantitative estimate of drug-likeness (QED) is 0.846. The molecule has 3 rings (SSSR count). The van der Waals surface area contributed by atoms with Gasteiger partial charge in [0.25, 0.3) is 0 Å². The summed E-state index contributed by atoms with van der Waals surface area (Å²) in [7, 11) is 0. The Bertz CT molecular complexity index is 408. The monoisotopic (exact) mass is 256 g/mol. The maximum atomic E-state index is 10.3. The number of aliphatic hydroxyl groups is 1. The molecule has 0 spiro atoms. The molecule has 1 aromatic carbocycles. The van der Waals surface area contributed by atoms with Crippen molar-refractivity contribution in [3.63, 3.8) is 0 Å². The molecule has 1 nitrogen and oxygen atoms in total. The summed E-state index contributed by atoms with van der Waals surface area (Å²) in [5.74, 6) is 1.87. The number of hydrogen-bond donors (Lipinski definition) is 1. The van der Waals surface area contributed by atoms with E-state index in [4.69, 9.17) is 23.2 Å². The molecule has 0 saturated heterocycles. The Hall–Kier alpha value is -0.240. The summed E-state index contributed by atoms with van der Waals surface area (Å²) >= 11 is 12.0. The number of hydrogen-bond acceptors (Lipinski definition) is 1. The lowest BCUT2D eigenvalue weighted by molar-refractivity contribution is 0.137. The maximum absolute atomic E-state index is 10.3. The van der Waals surface area contributed by atoms with Crippen LogP contribution in [0, 0.1) is 17.8 Å². The highest BCUT2D eigenvalue weighted by Crippen LogP contribution is 2.62. The number of rotatable bonds is 2. The first kappa shape index (κ1) is 10.9. The summed E-state index contributed by atoms with van der Waals surface area (Å²) in [5, 5.41) is 11.6. The van der Waals surface area contributed by atoms with Gasteiger partial charge in [0.05, 0.1) is 6.10 Å². The Kier molecular flexibility index (Phi) is 2.66. The fourth-order valence-electron chi connectivity index (χ4n) is 3.29. The number of aliphatic hydroxyl groups excluding tert-OH is 1. The van der Waals surface area contributed by atoms with Gasteiger partial charge in [0.15, 0.2) is 0 Å². The largest absolute Gasteiger partial charge is 0.388 e. The van der Waals surface area contributed by atoms with Crippen LogP contribution in [0.5, 0.6) is 0 Å². The molecule has 0 aliphatic heterocycles. The summed E-state index contributed by atoms with van der Waals surface area (Å²) in [6.45, 7) is 0. The van der Waals surface area contributed by atoms with Crippen molar-refractivity contribution in [2.24, 2.45) is 17.8 Å². The van der Waals surface area contributed by atoms with Crippen molar-refractivity contribution in [1.82, 2.24) is 0 Å². The van der Waals surface area contributed by atoms with Crippen LogP contribution >= 0.6 is 23.2 Å². The summed E-state index contributed by atoms with van der Waals surface area (Å²) < 4.78 is 0. The van der Waals surface area contributed by atoms with Crippen molar-refractivity contribution in [3.8, 4) is 0 Å². The minimum Gasteiger partial charge on any atom is -0.388 e. The molecule has 1 N–H and O–H groups in total. The number of halogens is 2. The van der Waals surface area contributed by atoms with Crippen LogP contribution < -0.4 is 0 Å². The molecule has 1 aromatic rings. The van der Waals surface area contributed by atoms with E-state index in [0.717, 1.165) is 17.4 Å². The minimum atomic E-state index is -0.429. The highest BCUT2D eigenvalue weighted by molar-refractivity contribution is 6.33. The zero-order valence-corrected chi connectivity index (χ0v) is 10.4. The normalized spacial score (nSPS) is 33.6. The molecule has 3 heteroatoms. The van der Waals surface area contributed by atoms with E-state index in [-0.39, 0.29) is 0 Å². The zero-order chi connectivity index (χ0) is 11.3. The average molecular weight is 257 g/mol. The molecule has 16 heavy (non-hydrogen) atoms. The van der Waals surface area contributed by atoms with Crippen molar-refractivity contribution in [3.05, 3.63) is 33.8 Å². The van der Waals surface area contributed by atoms with Gasteiger partial charge in [0.2, 0.25) is 0 Å². The molecular formula is C13H14Cl2O. The molecule has 2 fully saturated rings. The lowest BCUT2D eigenvalue weighted by atomic mass is 10.00. The van der Waals surface area contributed by atoms with Gasteiger partial charge in [-0.2, -0.15) is 0 Å². The van der Waals surface area contributed by atoms with Crippen LogP contribution in [-0.2, 0) is 0 Å². The molecule has 3 unspecified atom stereocenters. The molecule has 2 aliphatic rings. The second-order valence-corrected chi connectivity index (χ2v) is 5.79. The summed E-state index contributed by atoms with van der Waals surface area (Å²) in [4.78, 5) is 0. The van der Waals surface area contributed by atoms with Crippen LogP contribution in [-0.4, -0.2) is 5.11 Å². The summed E-state index contributed by atoms with van der Waals surface area (Å²) in [6, 6.07) is 5.32. The molecule has 0 amide bonds. The zero-order valence-electron chi connectivity index (χ0n) is 8.87. The van der Waals surface area contributed by atoms with Crippen LogP contribution in [0.15, 0.2) is 18.2 Å². The van der Waals surface area contributed by atoms with E-state index >= 15 is 0 Å². The Morgan fingerprint density at radius 2 is 1.88 bits per heavy atom. The smallest absolute Gasteiger partial charge is 0.0838 e. The van der Waals surface area contributed by atoms with Crippen molar-refractivity contribution in [1.29, 1.82) is 0 Å². The molecular weight excluding hydrogens is 243 g/mol. The van der Waals surface area contributed by atoms with E-state index in [2.05, 4.69) is 0 Å². The van der Waals surface area contributed by atoms with E-state index in [1.165, 1.54) is 19.3 Å². The Morgan fingerprint density at radius 1 is 1.19 bits per heavy atom. The molecule has 3 atom stereocenters. The van der Waals surface area contributed by atoms with E-state index in [1.807, 2.05) is 0 Å². The number of benzene rings is 1. The molecule has 0 aromatic heterocycles. The topological polar surface area (TPSA) is 20.2 Å². The van der Waals surface area contributed by atoms with Gasteiger partial charge < -0.3 is 5.11 Å². The Labute approximate surface area is 105 Å². The van der Waals surface area contributed by atoms with Crippen molar-refractivity contribution in [2.75, 3.05) is 0 Å². The van der Waals surface area contributed by atoms with Crippen LogP contribution in [0.2, 0.25) is 10.0 Å². The predicted molar refractivity (Wildman–Crippen MR) is 65.7 cm³/mol. The summed E-state index contributed by atoms with van der Waals surface area (Å²) in [6.07, 6.45) is 3.43. The molecule has 2 saturated carbocycles. The van der Waals surface area contributed by atoms with Crippen molar-refractivity contribution in [2.45, 2.75) is 25.4 Å². The molecule has 86 valence electrons. The van der Waals surface area contributed by atoms with Crippen molar-refractivity contribution >= 4 is 23.2 Å². The first-order valence-corrected chi connectivity index (χ1v) is 6.57. The fraction of sp³-hybridized carbons (Fsp3) is 0.538. The molecule has 0 heterocycles. The molecule has 0 bridgehead atoms. The van der Waals surface area contributed by atoms with E-state index in [0.29, 0.717) is 16.0 Å². The van der Waals surface area contributed by atoms with Crippen molar-refractivity contribution < 1.29 is 5.11 Å². The van der Waals surface area contributed by atoms with Crippen LogP contribution in [0.4, 0.5) is 0 Å². The second-order valence-electron chi connectivity index (χ2n) is 4.95. The van der Waals surface area contributed by atoms with Crippen LogP contribution in [0.1, 0.15) is 30.9 Å².